The van der Waals surface area contributed by atoms with E-state index in [0.717, 1.165) is 10.2 Å². The Hall–Kier alpha value is -0.540. The van der Waals surface area contributed by atoms with Crippen LogP contribution in [-0.2, 0) is 4.79 Å². The van der Waals surface area contributed by atoms with Crippen LogP contribution >= 0.6 is 27.5 Å². The van der Waals surface area contributed by atoms with Crippen molar-refractivity contribution in [1.82, 2.24) is 0 Å². The Morgan fingerprint density at radius 1 is 1.33 bits per heavy atom. The van der Waals surface area contributed by atoms with Crippen molar-refractivity contribution >= 4 is 38.5 Å². The summed E-state index contributed by atoms with van der Waals surface area (Å²) >= 11 is 8.86. The zero-order chi connectivity index (χ0) is 11.4. The molecule has 1 aromatic rings. The van der Waals surface area contributed by atoms with E-state index in [-0.39, 0.29) is 17.2 Å². The minimum atomic E-state index is -0.354. The van der Waals surface area contributed by atoms with Gasteiger partial charge in [-0.05, 0) is 41.8 Å². The first-order valence-electron chi connectivity index (χ1n) is 4.72. The third kappa shape index (κ3) is 3.84. The maximum atomic E-state index is 11.2. The van der Waals surface area contributed by atoms with Crippen LogP contribution in [0.2, 0.25) is 0 Å². The van der Waals surface area contributed by atoms with Crippen molar-refractivity contribution in [2.24, 2.45) is 5.92 Å². The van der Waals surface area contributed by atoms with Crippen molar-refractivity contribution in [3.8, 4) is 0 Å². The van der Waals surface area contributed by atoms with Gasteiger partial charge in [-0.2, -0.15) is 0 Å². The molecule has 4 heteroatoms. The summed E-state index contributed by atoms with van der Waals surface area (Å²) in [6.45, 7) is 3.91. The summed E-state index contributed by atoms with van der Waals surface area (Å²) < 4.78 is 1.01. The number of carbonyl (C=O) groups excluding carboxylic acids is 1. The summed E-state index contributed by atoms with van der Waals surface area (Å²) in [6, 6.07) is 7.29. The van der Waals surface area contributed by atoms with Crippen LogP contribution in [0.15, 0.2) is 28.7 Å². The monoisotopic (exact) mass is 289 g/mol. The fourth-order valence-corrected chi connectivity index (χ4v) is 1.78. The van der Waals surface area contributed by atoms with E-state index in [4.69, 9.17) is 11.6 Å². The van der Waals surface area contributed by atoms with Crippen LogP contribution in [0, 0.1) is 5.92 Å². The zero-order valence-corrected chi connectivity index (χ0v) is 11.0. The Kier molecular flexibility index (Phi) is 4.61. The lowest BCUT2D eigenvalue weighted by Gasteiger charge is -2.19. The molecule has 15 heavy (non-hydrogen) atoms. The third-order valence-electron chi connectivity index (χ3n) is 2.08. The van der Waals surface area contributed by atoms with Gasteiger partial charge in [0.25, 0.3) is 0 Å². The minimum Gasteiger partial charge on any atom is -0.374 e. The van der Waals surface area contributed by atoms with Crippen molar-refractivity contribution in [3.05, 3.63) is 28.7 Å². The molecule has 0 fully saturated rings. The average Bonchev–Trinajstić information content (AvgIpc) is 2.15. The molecule has 82 valence electrons. The first-order valence-corrected chi connectivity index (χ1v) is 5.89. The second-order valence-electron chi connectivity index (χ2n) is 3.68. The summed E-state index contributed by atoms with van der Waals surface area (Å²) in [6.07, 6.45) is 0. The van der Waals surface area contributed by atoms with Crippen molar-refractivity contribution < 1.29 is 4.79 Å². The largest absolute Gasteiger partial charge is 0.374 e. The molecule has 2 nitrogen and oxygen atoms in total. The quantitative estimate of drug-likeness (QED) is 0.858. The predicted molar refractivity (Wildman–Crippen MR) is 67.3 cm³/mol. The van der Waals surface area contributed by atoms with Gasteiger partial charge in [-0.15, -0.1) is 0 Å². The number of halogens is 2. The smallest absolute Gasteiger partial charge is 0.244 e. The highest BCUT2D eigenvalue weighted by molar-refractivity contribution is 9.10. The zero-order valence-electron chi connectivity index (χ0n) is 8.63. The van der Waals surface area contributed by atoms with Crippen LogP contribution < -0.4 is 5.32 Å². The van der Waals surface area contributed by atoms with Crippen molar-refractivity contribution in [2.75, 3.05) is 5.32 Å². The third-order valence-corrected chi connectivity index (χ3v) is 2.84. The minimum absolute atomic E-state index is 0.165. The van der Waals surface area contributed by atoms with Gasteiger partial charge in [-0.25, -0.2) is 0 Å². The maximum absolute atomic E-state index is 11.2. The van der Waals surface area contributed by atoms with Gasteiger partial charge in [-0.1, -0.05) is 29.8 Å². The molecule has 0 heterocycles. The highest BCUT2D eigenvalue weighted by Gasteiger charge is 2.19. The molecule has 0 saturated heterocycles. The first-order chi connectivity index (χ1) is 7.00. The summed E-state index contributed by atoms with van der Waals surface area (Å²) in [5.41, 5.74) is 0.894. The van der Waals surface area contributed by atoms with Crippen molar-refractivity contribution in [2.45, 2.75) is 19.9 Å². The summed E-state index contributed by atoms with van der Waals surface area (Å²) in [7, 11) is 0. The van der Waals surface area contributed by atoms with Gasteiger partial charge in [0.15, 0.2) is 0 Å². The fraction of sp³-hybridized carbons (Fsp3) is 0.364. The molecule has 1 aromatic carbocycles. The molecule has 1 unspecified atom stereocenters. The number of hydrogen-bond acceptors (Lipinski definition) is 2. The van der Waals surface area contributed by atoms with E-state index in [1.165, 1.54) is 0 Å². The predicted octanol–water partition coefficient (Wildman–Crippen LogP) is 3.65. The number of benzene rings is 1. The lowest BCUT2D eigenvalue weighted by Crippen LogP contribution is -2.31. The van der Waals surface area contributed by atoms with Gasteiger partial charge in [0.05, 0.1) is 0 Å². The Bertz CT molecular complexity index is 337. The SMILES string of the molecule is CC(C)C(Nc1ccc(Br)cc1)C(=O)Cl. The van der Waals surface area contributed by atoms with E-state index >= 15 is 0 Å². The number of nitrogens with one attached hydrogen (secondary N) is 1. The molecule has 0 aromatic heterocycles. The standard InChI is InChI=1S/C11H13BrClNO/c1-7(2)10(11(13)15)14-9-5-3-8(12)4-6-9/h3-7,10,14H,1-2H3. The molecule has 0 radical (unpaired) electrons. The fourth-order valence-electron chi connectivity index (χ4n) is 1.21. The molecule has 0 bridgehead atoms. The van der Waals surface area contributed by atoms with E-state index in [1.54, 1.807) is 0 Å². The van der Waals surface area contributed by atoms with Gasteiger partial charge < -0.3 is 5.32 Å². The van der Waals surface area contributed by atoms with Gasteiger partial charge in [0.2, 0.25) is 5.24 Å². The number of carbonyl (C=O) groups is 1. The molecule has 0 amide bonds. The molecule has 1 rings (SSSR count). The van der Waals surface area contributed by atoms with Gasteiger partial charge in [0, 0.05) is 10.2 Å². The molecular formula is C11H13BrClNO. The normalized spacial score (nSPS) is 12.6. The van der Waals surface area contributed by atoms with E-state index in [0.29, 0.717) is 0 Å². The summed E-state index contributed by atoms with van der Waals surface area (Å²) in [5, 5.41) is 2.75. The van der Waals surface area contributed by atoms with E-state index in [2.05, 4.69) is 21.2 Å². The molecular weight excluding hydrogens is 277 g/mol. The van der Waals surface area contributed by atoms with Crippen LogP contribution in [0.1, 0.15) is 13.8 Å². The highest BCUT2D eigenvalue weighted by atomic mass is 79.9. The molecule has 1 atom stereocenters. The Labute approximate surface area is 103 Å². The van der Waals surface area contributed by atoms with E-state index in [1.807, 2.05) is 38.1 Å². The summed E-state index contributed by atoms with van der Waals surface area (Å²) in [5.74, 6) is 0.165. The Balaban J connectivity index is 2.74. The first kappa shape index (κ1) is 12.5. The second kappa shape index (κ2) is 5.52. The molecule has 0 aliphatic heterocycles. The molecule has 0 aliphatic rings. The second-order valence-corrected chi connectivity index (χ2v) is 4.97. The molecule has 0 saturated carbocycles. The Morgan fingerprint density at radius 2 is 1.87 bits per heavy atom. The van der Waals surface area contributed by atoms with Crippen LogP contribution in [0.5, 0.6) is 0 Å². The lowest BCUT2D eigenvalue weighted by atomic mass is 10.1. The highest BCUT2D eigenvalue weighted by Crippen LogP contribution is 2.17. The van der Waals surface area contributed by atoms with Crippen molar-refractivity contribution in [1.29, 1.82) is 0 Å². The molecule has 0 spiro atoms. The molecule has 0 aliphatic carbocycles. The number of rotatable bonds is 4. The molecule has 1 N–H and O–H groups in total. The van der Waals surface area contributed by atoms with Gasteiger partial charge in [-0.3, -0.25) is 4.79 Å². The lowest BCUT2D eigenvalue weighted by molar-refractivity contribution is -0.113. The van der Waals surface area contributed by atoms with Gasteiger partial charge >= 0.3 is 0 Å². The summed E-state index contributed by atoms with van der Waals surface area (Å²) in [4.78, 5) is 11.2. The van der Waals surface area contributed by atoms with Crippen LogP contribution in [0.25, 0.3) is 0 Å². The number of anilines is 1. The maximum Gasteiger partial charge on any atom is 0.244 e. The van der Waals surface area contributed by atoms with E-state index in [9.17, 15) is 4.79 Å². The van der Waals surface area contributed by atoms with Crippen LogP contribution in [0.4, 0.5) is 5.69 Å². The number of hydrogen-bond donors (Lipinski definition) is 1. The van der Waals surface area contributed by atoms with Crippen molar-refractivity contribution in [3.63, 3.8) is 0 Å². The van der Waals surface area contributed by atoms with Crippen LogP contribution in [-0.4, -0.2) is 11.3 Å². The Morgan fingerprint density at radius 3 is 2.27 bits per heavy atom. The topological polar surface area (TPSA) is 29.1 Å². The average molecular weight is 291 g/mol. The van der Waals surface area contributed by atoms with Crippen LogP contribution in [0.3, 0.4) is 0 Å². The van der Waals surface area contributed by atoms with Gasteiger partial charge in [0.1, 0.15) is 6.04 Å². The van der Waals surface area contributed by atoms with E-state index < -0.39 is 0 Å².